The molecule has 37 heavy (non-hydrogen) atoms. The Bertz CT molecular complexity index is 1490. The first-order valence-electron chi connectivity index (χ1n) is 12.9. The van der Waals surface area contributed by atoms with Crippen LogP contribution in [0.5, 0.6) is 0 Å². The van der Waals surface area contributed by atoms with E-state index >= 15 is 0 Å². The third-order valence-corrected chi connectivity index (χ3v) is 6.87. The Morgan fingerprint density at radius 2 is 2.08 bits per heavy atom. The molecule has 5 rings (SSSR count). The van der Waals surface area contributed by atoms with E-state index in [-0.39, 0.29) is 5.56 Å². The molecule has 0 fully saturated rings. The van der Waals surface area contributed by atoms with E-state index in [4.69, 9.17) is 4.98 Å². The van der Waals surface area contributed by atoms with E-state index < -0.39 is 0 Å². The van der Waals surface area contributed by atoms with Crippen LogP contribution in [0, 0.1) is 0 Å². The summed E-state index contributed by atoms with van der Waals surface area (Å²) in [6, 6.07) is 10.7. The van der Waals surface area contributed by atoms with Crippen LogP contribution in [0.25, 0.3) is 16.7 Å². The first kappa shape index (κ1) is 24.9. The Balaban J connectivity index is 1.56. The number of hydrogen-bond donors (Lipinski definition) is 2. The van der Waals surface area contributed by atoms with Gasteiger partial charge in [0.2, 0.25) is 5.95 Å². The third-order valence-electron chi connectivity index (χ3n) is 6.87. The summed E-state index contributed by atoms with van der Waals surface area (Å²) < 4.78 is 3.49. The van der Waals surface area contributed by atoms with Crippen molar-refractivity contribution in [3.63, 3.8) is 0 Å². The highest BCUT2D eigenvalue weighted by molar-refractivity contribution is 5.77. The number of anilines is 2. The Labute approximate surface area is 216 Å². The second-order valence-corrected chi connectivity index (χ2v) is 9.62. The number of nitrogens with one attached hydrogen (secondary N) is 2. The lowest BCUT2D eigenvalue weighted by molar-refractivity contribution is 0.222. The average molecular weight is 499 g/mol. The Hall–Kier alpha value is -3.82. The van der Waals surface area contributed by atoms with E-state index in [1.54, 1.807) is 23.2 Å². The van der Waals surface area contributed by atoms with Crippen molar-refractivity contribution in [2.75, 3.05) is 18.4 Å². The van der Waals surface area contributed by atoms with E-state index in [1.165, 1.54) is 11.1 Å². The fourth-order valence-corrected chi connectivity index (χ4v) is 4.87. The minimum atomic E-state index is -0.154. The van der Waals surface area contributed by atoms with Crippen molar-refractivity contribution < 1.29 is 0 Å². The molecule has 4 heterocycles. The molecule has 0 radical (unpaired) electrons. The maximum absolute atomic E-state index is 13.3. The molecule has 192 valence electrons. The first-order valence-corrected chi connectivity index (χ1v) is 12.9. The van der Waals surface area contributed by atoms with Gasteiger partial charge >= 0.3 is 0 Å². The van der Waals surface area contributed by atoms with Gasteiger partial charge in [-0.25, -0.2) is 14.3 Å². The first-order chi connectivity index (χ1) is 18.0. The SMILES string of the molecule is C=CCn1c(=O)c2cnc(Nc3ccc4c(c3)CCNC4)nc2n1-c1ccnc(CN(CC)C(C)C)c1. The average Bonchev–Trinajstić information content (AvgIpc) is 3.18. The van der Waals surface area contributed by atoms with Gasteiger partial charge in [-0.1, -0.05) is 19.1 Å². The zero-order valence-corrected chi connectivity index (χ0v) is 21.7. The molecular formula is C28H34N8O. The van der Waals surface area contributed by atoms with Crippen molar-refractivity contribution in [3.8, 4) is 5.69 Å². The Kier molecular flexibility index (Phi) is 7.16. The van der Waals surface area contributed by atoms with Crippen LogP contribution in [0.15, 0.2) is 60.2 Å². The monoisotopic (exact) mass is 498 g/mol. The van der Waals surface area contributed by atoms with Gasteiger partial charge < -0.3 is 10.6 Å². The fraction of sp³-hybridized carbons (Fsp3) is 0.357. The number of rotatable bonds is 9. The molecule has 0 saturated heterocycles. The number of fused-ring (bicyclic) bond motifs is 2. The number of hydrogen-bond acceptors (Lipinski definition) is 7. The van der Waals surface area contributed by atoms with Gasteiger partial charge in [0.25, 0.3) is 5.56 Å². The quantitative estimate of drug-likeness (QED) is 0.339. The van der Waals surface area contributed by atoms with Gasteiger partial charge in [0.1, 0.15) is 5.39 Å². The normalized spacial score (nSPS) is 13.3. The van der Waals surface area contributed by atoms with Crippen LogP contribution in [-0.2, 0) is 26.1 Å². The van der Waals surface area contributed by atoms with Crippen molar-refractivity contribution in [2.45, 2.75) is 52.9 Å². The number of aromatic nitrogens is 5. The number of benzene rings is 1. The smallest absolute Gasteiger partial charge is 0.278 e. The summed E-state index contributed by atoms with van der Waals surface area (Å²) in [6.07, 6.45) is 6.09. The van der Waals surface area contributed by atoms with E-state index in [0.717, 1.165) is 49.7 Å². The van der Waals surface area contributed by atoms with Gasteiger partial charge in [0, 0.05) is 37.2 Å². The Morgan fingerprint density at radius 1 is 1.22 bits per heavy atom. The van der Waals surface area contributed by atoms with Crippen LogP contribution in [0.3, 0.4) is 0 Å². The summed E-state index contributed by atoms with van der Waals surface area (Å²) >= 11 is 0. The topological polar surface area (TPSA) is 92.9 Å². The maximum Gasteiger partial charge on any atom is 0.278 e. The lowest BCUT2D eigenvalue weighted by Gasteiger charge is -2.24. The van der Waals surface area contributed by atoms with Crippen LogP contribution in [0.4, 0.5) is 11.6 Å². The van der Waals surface area contributed by atoms with E-state index in [0.29, 0.717) is 29.6 Å². The van der Waals surface area contributed by atoms with Crippen LogP contribution < -0.4 is 16.2 Å². The summed E-state index contributed by atoms with van der Waals surface area (Å²) in [6.45, 7) is 14.2. The molecule has 0 amide bonds. The highest BCUT2D eigenvalue weighted by Crippen LogP contribution is 2.23. The van der Waals surface area contributed by atoms with Crippen LogP contribution in [0.1, 0.15) is 37.6 Å². The summed E-state index contributed by atoms with van der Waals surface area (Å²) in [4.78, 5) is 29.5. The molecule has 0 atom stereocenters. The summed E-state index contributed by atoms with van der Waals surface area (Å²) in [5, 5.41) is 7.19. The molecule has 0 spiro atoms. The van der Waals surface area contributed by atoms with Gasteiger partial charge in [-0.3, -0.25) is 14.7 Å². The molecule has 4 aromatic rings. The van der Waals surface area contributed by atoms with Gasteiger partial charge in [0.05, 0.1) is 17.9 Å². The molecule has 9 heteroatoms. The molecule has 3 aromatic heterocycles. The lowest BCUT2D eigenvalue weighted by atomic mass is 10.0. The van der Waals surface area contributed by atoms with Crippen molar-refractivity contribution >= 4 is 22.7 Å². The molecule has 1 aliphatic rings. The summed E-state index contributed by atoms with van der Waals surface area (Å²) in [5.41, 5.74) is 5.72. The number of pyridine rings is 1. The van der Waals surface area contributed by atoms with Gasteiger partial charge in [-0.15, -0.1) is 6.58 Å². The van der Waals surface area contributed by atoms with Crippen LogP contribution >= 0.6 is 0 Å². The number of nitrogens with zero attached hydrogens (tertiary/aromatic N) is 6. The highest BCUT2D eigenvalue weighted by atomic mass is 16.1. The molecular weight excluding hydrogens is 464 g/mol. The molecule has 0 aliphatic carbocycles. The van der Waals surface area contributed by atoms with Gasteiger partial charge in [0.15, 0.2) is 5.65 Å². The summed E-state index contributed by atoms with van der Waals surface area (Å²) in [5.74, 6) is 0.442. The molecule has 2 N–H and O–H groups in total. The minimum Gasteiger partial charge on any atom is -0.324 e. The molecule has 1 aliphatic heterocycles. The predicted octanol–water partition coefficient (Wildman–Crippen LogP) is 3.78. The van der Waals surface area contributed by atoms with Gasteiger partial charge in [-0.2, -0.15) is 4.98 Å². The number of allylic oxidation sites excluding steroid dienone is 1. The molecule has 0 unspecified atom stereocenters. The van der Waals surface area contributed by atoms with Crippen LogP contribution in [-0.4, -0.2) is 48.3 Å². The standard InChI is InChI=1S/C28H34N8O/c1-5-13-35-27(37)25-17-31-28(32-22-8-7-21-16-29-11-9-20(21)14-22)33-26(25)36(35)24-10-12-30-23(15-24)18-34(6-2)19(3)4/h5,7-8,10,12,14-15,17,19,29H,1,6,9,11,13,16,18H2,2-4H3,(H,31,32,33). The Morgan fingerprint density at radius 3 is 2.86 bits per heavy atom. The van der Waals surface area contributed by atoms with Crippen molar-refractivity contribution in [3.05, 3.63) is 82.6 Å². The second kappa shape index (κ2) is 10.7. The molecule has 1 aromatic carbocycles. The second-order valence-electron chi connectivity index (χ2n) is 9.62. The van der Waals surface area contributed by atoms with Crippen molar-refractivity contribution in [2.24, 2.45) is 0 Å². The van der Waals surface area contributed by atoms with Crippen molar-refractivity contribution in [1.82, 2.24) is 34.5 Å². The molecule has 0 bridgehead atoms. The highest BCUT2D eigenvalue weighted by Gasteiger charge is 2.18. The minimum absolute atomic E-state index is 0.154. The molecule has 9 nitrogen and oxygen atoms in total. The maximum atomic E-state index is 13.3. The van der Waals surface area contributed by atoms with E-state index in [2.05, 4.69) is 65.0 Å². The van der Waals surface area contributed by atoms with Crippen molar-refractivity contribution in [1.29, 1.82) is 0 Å². The zero-order chi connectivity index (χ0) is 25.9. The zero-order valence-electron chi connectivity index (χ0n) is 21.7. The van der Waals surface area contributed by atoms with E-state index in [1.807, 2.05) is 22.9 Å². The van der Waals surface area contributed by atoms with Gasteiger partial charge in [-0.05, 0) is 68.8 Å². The summed E-state index contributed by atoms with van der Waals surface area (Å²) in [7, 11) is 0. The van der Waals surface area contributed by atoms with Crippen LogP contribution in [0.2, 0.25) is 0 Å². The largest absolute Gasteiger partial charge is 0.324 e. The van der Waals surface area contributed by atoms with E-state index in [9.17, 15) is 4.79 Å². The predicted molar refractivity (Wildman–Crippen MR) is 147 cm³/mol. The lowest BCUT2D eigenvalue weighted by Crippen LogP contribution is -2.30. The molecule has 0 saturated carbocycles. The fourth-order valence-electron chi connectivity index (χ4n) is 4.87. The third kappa shape index (κ3) is 5.05.